The van der Waals surface area contributed by atoms with Crippen LogP contribution >= 0.6 is 15.9 Å². The predicted octanol–water partition coefficient (Wildman–Crippen LogP) is 2.73. The number of nitrogens with one attached hydrogen (secondary N) is 1. The first-order valence-electron chi connectivity index (χ1n) is 4.88. The molecule has 4 nitrogen and oxygen atoms in total. The van der Waals surface area contributed by atoms with Crippen LogP contribution in [-0.2, 0) is 7.05 Å². The van der Waals surface area contributed by atoms with E-state index >= 15 is 0 Å². The monoisotopic (exact) mass is 276 g/mol. The normalized spacial score (nSPS) is 11.1. The summed E-state index contributed by atoms with van der Waals surface area (Å²) in [7, 11) is 1.90. The van der Waals surface area contributed by atoms with Gasteiger partial charge >= 0.3 is 0 Å². The topological polar surface area (TPSA) is 46.5 Å². The van der Waals surface area contributed by atoms with Gasteiger partial charge in [-0.25, -0.2) is 4.98 Å². The SMILES string of the molecule is Cn1nccc1-c1nc2ccc(Br)cc2[nH]1. The van der Waals surface area contributed by atoms with E-state index in [2.05, 4.69) is 31.0 Å². The van der Waals surface area contributed by atoms with Gasteiger partial charge in [-0.1, -0.05) is 15.9 Å². The van der Waals surface area contributed by atoms with Crippen molar-refractivity contribution < 1.29 is 0 Å². The first kappa shape index (κ1) is 9.59. The van der Waals surface area contributed by atoms with Gasteiger partial charge in [0.15, 0.2) is 5.82 Å². The standard InChI is InChI=1S/C11H9BrN4/c1-16-10(4-5-13-16)11-14-8-3-2-7(12)6-9(8)15-11/h2-6H,1H3,(H,14,15). The smallest absolute Gasteiger partial charge is 0.156 e. The Bertz CT molecular complexity index is 653. The molecular weight excluding hydrogens is 268 g/mol. The van der Waals surface area contributed by atoms with Gasteiger partial charge in [0, 0.05) is 17.7 Å². The fraction of sp³-hybridized carbons (Fsp3) is 0.0909. The van der Waals surface area contributed by atoms with Gasteiger partial charge in [0.1, 0.15) is 5.69 Å². The Balaban J connectivity index is 2.23. The second kappa shape index (κ2) is 3.45. The molecule has 0 bridgehead atoms. The lowest BCUT2D eigenvalue weighted by molar-refractivity contribution is 0.771. The molecule has 2 heterocycles. The summed E-state index contributed by atoms with van der Waals surface area (Å²) in [5, 5.41) is 4.13. The largest absolute Gasteiger partial charge is 0.337 e. The van der Waals surface area contributed by atoms with Crippen molar-refractivity contribution in [3.05, 3.63) is 34.9 Å². The fourth-order valence-electron chi connectivity index (χ4n) is 1.71. The van der Waals surface area contributed by atoms with E-state index in [1.807, 2.05) is 31.3 Å². The number of rotatable bonds is 1. The maximum atomic E-state index is 4.52. The molecule has 5 heteroatoms. The number of halogens is 1. The Morgan fingerprint density at radius 1 is 1.31 bits per heavy atom. The highest BCUT2D eigenvalue weighted by Crippen LogP contribution is 2.22. The second-order valence-electron chi connectivity index (χ2n) is 3.59. The third-order valence-electron chi connectivity index (χ3n) is 2.51. The lowest BCUT2D eigenvalue weighted by atomic mass is 10.3. The van der Waals surface area contributed by atoms with Crippen molar-refractivity contribution in [1.82, 2.24) is 19.7 Å². The minimum atomic E-state index is 0.841. The Kier molecular flexibility index (Phi) is 2.07. The number of hydrogen-bond donors (Lipinski definition) is 1. The fourth-order valence-corrected chi connectivity index (χ4v) is 2.07. The molecule has 0 spiro atoms. The summed E-state index contributed by atoms with van der Waals surface area (Å²) in [5.74, 6) is 0.841. The van der Waals surface area contributed by atoms with Crippen molar-refractivity contribution in [3.8, 4) is 11.5 Å². The highest BCUT2D eigenvalue weighted by Gasteiger charge is 2.08. The van der Waals surface area contributed by atoms with E-state index in [-0.39, 0.29) is 0 Å². The number of nitrogens with zero attached hydrogens (tertiary/aromatic N) is 3. The summed E-state index contributed by atoms with van der Waals surface area (Å²) in [6.07, 6.45) is 1.76. The van der Waals surface area contributed by atoms with E-state index in [0.29, 0.717) is 0 Å². The number of fused-ring (bicyclic) bond motifs is 1. The molecule has 0 atom stereocenters. The van der Waals surface area contributed by atoms with Crippen molar-refractivity contribution in [2.45, 2.75) is 0 Å². The van der Waals surface area contributed by atoms with Gasteiger partial charge in [-0.2, -0.15) is 5.10 Å². The Morgan fingerprint density at radius 2 is 2.19 bits per heavy atom. The quantitative estimate of drug-likeness (QED) is 0.743. The molecule has 0 fully saturated rings. The van der Waals surface area contributed by atoms with Crippen LogP contribution in [0.15, 0.2) is 34.9 Å². The minimum absolute atomic E-state index is 0.841. The van der Waals surface area contributed by atoms with Crippen LogP contribution in [0.3, 0.4) is 0 Å². The lowest BCUT2D eigenvalue weighted by Gasteiger charge is -1.95. The van der Waals surface area contributed by atoms with E-state index < -0.39 is 0 Å². The van der Waals surface area contributed by atoms with Crippen LogP contribution in [0.25, 0.3) is 22.6 Å². The van der Waals surface area contributed by atoms with Crippen molar-refractivity contribution >= 4 is 27.0 Å². The average molecular weight is 277 g/mol. The van der Waals surface area contributed by atoms with Crippen molar-refractivity contribution in [2.75, 3.05) is 0 Å². The van der Waals surface area contributed by atoms with Gasteiger partial charge in [0.2, 0.25) is 0 Å². The molecule has 0 aliphatic carbocycles. The molecule has 0 aliphatic heterocycles. The second-order valence-corrected chi connectivity index (χ2v) is 4.50. The van der Waals surface area contributed by atoms with Gasteiger partial charge in [-0.15, -0.1) is 0 Å². The molecular formula is C11H9BrN4. The molecule has 1 aromatic carbocycles. The summed E-state index contributed by atoms with van der Waals surface area (Å²) in [6, 6.07) is 7.92. The zero-order chi connectivity index (χ0) is 11.1. The zero-order valence-corrected chi connectivity index (χ0v) is 10.2. The van der Waals surface area contributed by atoms with E-state index in [1.165, 1.54) is 0 Å². The zero-order valence-electron chi connectivity index (χ0n) is 8.61. The molecule has 0 saturated heterocycles. The third kappa shape index (κ3) is 1.44. The number of hydrogen-bond acceptors (Lipinski definition) is 2. The molecule has 0 radical (unpaired) electrons. The average Bonchev–Trinajstić information content (AvgIpc) is 2.82. The Morgan fingerprint density at radius 3 is 2.94 bits per heavy atom. The summed E-state index contributed by atoms with van der Waals surface area (Å²) < 4.78 is 2.84. The molecule has 2 aromatic heterocycles. The maximum absolute atomic E-state index is 4.52. The van der Waals surface area contributed by atoms with Crippen LogP contribution in [0.1, 0.15) is 0 Å². The Labute approximate surface area is 100 Å². The number of H-pyrrole nitrogens is 1. The first-order valence-corrected chi connectivity index (χ1v) is 5.67. The highest BCUT2D eigenvalue weighted by molar-refractivity contribution is 9.10. The van der Waals surface area contributed by atoms with Gasteiger partial charge in [0.05, 0.1) is 11.0 Å². The summed E-state index contributed by atoms with van der Waals surface area (Å²) in [5.41, 5.74) is 2.96. The van der Waals surface area contributed by atoms with E-state index in [9.17, 15) is 0 Å². The first-order chi connectivity index (χ1) is 7.74. The molecule has 1 N–H and O–H groups in total. The number of aryl methyl sites for hydroxylation is 1. The van der Waals surface area contributed by atoms with Crippen LogP contribution < -0.4 is 0 Å². The van der Waals surface area contributed by atoms with Gasteiger partial charge in [0.25, 0.3) is 0 Å². The minimum Gasteiger partial charge on any atom is -0.337 e. The number of benzene rings is 1. The van der Waals surface area contributed by atoms with Crippen LogP contribution in [0.2, 0.25) is 0 Å². The van der Waals surface area contributed by atoms with Crippen LogP contribution in [-0.4, -0.2) is 19.7 Å². The molecule has 3 aromatic rings. The molecule has 0 unspecified atom stereocenters. The predicted molar refractivity (Wildman–Crippen MR) is 66.0 cm³/mol. The van der Waals surface area contributed by atoms with Gasteiger partial charge < -0.3 is 4.98 Å². The van der Waals surface area contributed by atoms with Crippen molar-refractivity contribution in [3.63, 3.8) is 0 Å². The van der Waals surface area contributed by atoms with E-state index in [4.69, 9.17) is 0 Å². The molecule has 16 heavy (non-hydrogen) atoms. The number of aromatic amines is 1. The molecule has 3 rings (SSSR count). The van der Waals surface area contributed by atoms with Crippen LogP contribution in [0.4, 0.5) is 0 Å². The number of imidazole rings is 1. The van der Waals surface area contributed by atoms with E-state index in [1.54, 1.807) is 10.9 Å². The lowest BCUT2D eigenvalue weighted by Crippen LogP contribution is -1.94. The van der Waals surface area contributed by atoms with Gasteiger partial charge in [-0.05, 0) is 24.3 Å². The third-order valence-corrected chi connectivity index (χ3v) is 3.00. The summed E-state index contributed by atoms with van der Waals surface area (Å²) >= 11 is 3.44. The van der Waals surface area contributed by atoms with Crippen LogP contribution in [0, 0.1) is 0 Å². The molecule has 80 valence electrons. The highest BCUT2D eigenvalue weighted by atomic mass is 79.9. The van der Waals surface area contributed by atoms with Crippen molar-refractivity contribution in [1.29, 1.82) is 0 Å². The summed E-state index contributed by atoms with van der Waals surface area (Å²) in [4.78, 5) is 7.80. The van der Waals surface area contributed by atoms with Crippen molar-refractivity contribution in [2.24, 2.45) is 7.05 Å². The number of aromatic nitrogens is 4. The molecule has 0 aliphatic rings. The summed E-state index contributed by atoms with van der Waals surface area (Å²) in [6.45, 7) is 0. The molecule has 0 amide bonds. The molecule has 0 saturated carbocycles. The Hall–Kier alpha value is -1.62. The van der Waals surface area contributed by atoms with E-state index in [0.717, 1.165) is 27.0 Å². The van der Waals surface area contributed by atoms with Gasteiger partial charge in [-0.3, -0.25) is 4.68 Å². The maximum Gasteiger partial charge on any atom is 0.156 e. The van der Waals surface area contributed by atoms with Crippen LogP contribution in [0.5, 0.6) is 0 Å².